The summed E-state index contributed by atoms with van der Waals surface area (Å²) in [5.74, 6) is 0.815. The predicted molar refractivity (Wildman–Crippen MR) is 73.8 cm³/mol. The number of carbonyl (C=O) groups is 2. The molecule has 20 heavy (non-hydrogen) atoms. The Hall–Kier alpha value is -1.10. The minimum Gasteiger partial charge on any atom is -0.395 e. The quantitative estimate of drug-likeness (QED) is 0.803. The summed E-state index contributed by atoms with van der Waals surface area (Å²) in [6.45, 7) is 1.96. The van der Waals surface area contributed by atoms with Gasteiger partial charge in [-0.1, -0.05) is 0 Å². The molecule has 0 atom stereocenters. The largest absolute Gasteiger partial charge is 0.395 e. The van der Waals surface area contributed by atoms with Gasteiger partial charge in [0, 0.05) is 37.5 Å². The van der Waals surface area contributed by atoms with Crippen molar-refractivity contribution in [2.75, 3.05) is 26.2 Å². The van der Waals surface area contributed by atoms with Crippen LogP contribution >= 0.6 is 0 Å². The van der Waals surface area contributed by atoms with E-state index in [0.717, 1.165) is 51.6 Å². The first kappa shape index (κ1) is 13.9. The van der Waals surface area contributed by atoms with Gasteiger partial charge in [-0.2, -0.15) is 0 Å². The van der Waals surface area contributed by atoms with Crippen LogP contribution in [0.25, 0.3) is 0 Å². The molecule has 5 nitrogen and oxygen atoms in total. The Labute approximate surface area is 119 Å². The van der Waals surface area contributed by atoms with Gasteiger partial charge in [-0.3, -0.25) is 9.59 Å². The number of carbonyl (C=O) groups excluding carboxylic acids is 2. The van der Waals surface area contributed by atoms with Crippen LogP contribution in [0.1, 0.15) is 38.5 Å². The second-order valence-corrected chi connectivity index (χ2v) is 6.36. The van der Waals surface area contributed by atoms with Crippen LogP contribution < -0.4 is 0 Å². The van der Waals surface area contributed by atoms with E-state index in [-0.39, 0.29) is 24.3 Å². The molecule has 1 N–H and O–H groups in total. The Morgan fingerprint density at radius 1 is 1.00 bits per heavy atom. The van der Waals surface area contributed by atoms with Gasteiger partial charge in [0.05, 0.1) is 6.61 Å². The molecule has 0 spiro atoms. The Kier molecular flexibility index (Phi) is 3.96. The first-order valence-corrected chi connectivity index (χ1v) is 7.91. The van der Waals surface area contributed by atoms with E-state index in [1.54, 1.807) is 0 Å². The molecule has 2 aliphatic carbocycles. The molecule has 3 rings (SSSR count). The highest BCUT2D eigenvalue weighted by molar-refractivity contribution is 5.82. The lowest BCUT2D eigenvalue weighted by Crippen LogP contribution is -2.46. The number of hydrogen-bond donors (Lipinski definition) is 1. The topological polar surface area (TPSA) is 60.9 Å². The molecule has 0 aromatic heterocycles. The van der Waals surface area contributed by atoms with Gasteiger partial charge in [0.25, 0.3) is 0 Å². The number of likely N-dealkylation sites (tertiary alicyclic amines) is 1. The van der Waals surface area contributed by atoms with Gasteiger partial charge in [0.1, 0.15) is 0 Å². The first-order valence-electron chi connectivity index (χ1n) is 7.91. The van der Waals surface area contributed by atoms with Gasteiger partial charge in [0.2, 0.25) is 11.8 Å². The lowest BCUT2D eigenvalue weighted by Gasteiger charge is -2.34. The maximum Gasteiger partial charge on any atom is 0.226 e. The van der Waals surface area contributed by atoms with Gasteiger partial charge in [-0.15, -0.1) is 0 Å². The smallest absolute Gasteiger partial charge is 0.226 e. The van der Waals surface area contributed by atoms with Crippen LogP contribution in [0.3, 0.4) is 0 Å². The van der Waals surface area contributed by atoms with Crippen LogP contribution in [0, 0.1) is 11.8 Å². The number of piperidine rings is 1. The van der Waals surface area contributed by atoms with Crippen molar-refractivity contribution in [3.05, 3.63) is 0 Å². The third kappa shape index (κ3) is 2.97. The van der Waals surface area contributed by atoms with Gasteiger partial charge in [0.15, 0.2) is 0 Å². The Bertz CT molecular complexity index is 383. The molecule has 1 heterocycles. The molecule has 0 radical (unpaired) electrons. The van der Waals surface area contributed by atoms with E-state index in [2.05, 4.69) is 0 Å². The van der Waals surface area contributed by atoms with Crippen LogP contribution in [-0.2, 0) is 9.59 Å². The number of amides is 2. The maximum absolute atomic E-state index is 12.5. The van der Waals surface area contributed by atoms with E-state index in [4.69, 9.17) is 5.11 Å². The molecule has 2 saturated carbocycles. The highest BCUT2D eigenvalue weighted by Crippen LogP contribution is 2.33. The molecule has 3 aliphatic rings. The Morgan fingerprint density at radius 2 is 1.65 bits per heavy atom. The van der Waals surface area contributed by atoms with Crippen molar-refractivity contribution in [2.24, 2.45) is 11.8 Å². The fourth-order valence-electron chi connectivity index (χ4n) is 3.14. The summed E-state index contributed by atoms with van der Waals surface area (Å²) in [6, 6.07) is 0.362. The van der Waals surface area contributed by atoms with Crippen molar-refractivity contribution in [2.45, 2.75) is 44.6 Å². The molecule has 0 aromatic rings. The lowest BCUT2D eigenvalue weighted by molar-refractivity contribution is -0.142. The number of hydrogen-bond acceptors (Lipinski definition) is 3. The highest BCUT2D eigenvalue weighted by Gasteiger charge is 2.39. The third-order valence-corrected chi connectivity index (χ3v) is 4.69. The van der Waals surface area contributed by atoms with Gasteiger partial charge < -0.3 is 14.9 Å². The van der Waals surface area contributed by atoms with E-state index in [1.165, 1.54) is 0 Å². The summed E-state index contributed by atoms with van der Waals surface area (Å²) < 4.78 is 0. The SMILES string of the molecule is O=C(C1CC1)N1CCC(C(=O)N(CCO)C2CC2)CC1. The summed E-state index contributed by atoms with van der Waals surface area (Å²) >= 11 is 0. The summed E-state index contributed by atoms with van der Waals surface area (Å²) in [5, 5.41) is 9.10. The average Bonchev–Trinajstić information content (AvgIpc) is 3.35. The molecule has 2 amide bonds. The summed E-state index contributed by atoms with van der Waals surface area (Å²) in [5.41, 5.74) is 0. The molecular weight excluding hydrogens is 256 g/mol. The fraction of sp³-hybridized carbons (Fsp3) is 0.867. The first-order chi connectivity index (χ1) is 9.70. The van der Waals surface area contributed by atoms with Crippen LogP contribution in [-0.4, -0.2) is 59.0 Å². The second-order valence-electron chi connectivity index (χ2n) is 6.36. The van der Waals surface area contributed by atoms with Crippen molar-refractivity contribution < 1.29 is 14.7 Å². The normalized spacial score (nSPS) is 23.8. The molecule has 112 valence electrons. The lowest BCUT2D eigenvalue weighted by atomic mass is 9.94. The molecule has 1 aliphatic heterocycles. The summed E-state index contributed by atoms with van der Waals surface area (Å²) in [7, 11) is 0. The van der Waals surface area contributed by atoms with Gasteiger partial charge in [-0.05, 0) is 38.5 Å². The summed E-state index contributed by atoms with van der Waals surface area (Å²) in [4.78, 5) is 28.3. The minimum atomic E-state index is 0.0429. The van der Waals surface area contributed by atoms with E-state index < -0.39 is 0 Å². The van der Waals surface area contributed by atoms with E-state index >= 15 is 0 Å². The molecule has 0 unspecified atom stereocenters. The zero-order valence-electron chi connectivity index (χ0n) is 12.0. The maximum atomic E-state index is 12.5. The van der Waals surface area contributed by atoms with E-state index in [9.17, 15) is 9.59 Å². The zero-order valence-corrected chi connectivity index (χ0v) is 12.0. The van der Waals surface area contributed by atoms with Crippen molar-refractivity contribution in [3.63, 3.8) is 0 Å². The van der Waals surface area contributed by atoms with Crippen LogP contribution in [0.15, 0.2) is 0 Å². The van der Waals surface area contributed by atoms with Crippen LogP contribution in [0.2, 0.25) is 0 Å². The molecule has 0 aromatic carbocycles. The summed E-state index contributed by atoms with van der Waals surface area (Å²) in [6.07, 6.45) is 5.81. The Balaban J connectivity index is 1.51. The average molecular weight is 280 g/mol. The molecule has 0 bridgehead atoms. The second kappa shape index (κ2) is 5.72. The standard InChI is InChI=1S/C15H24N2O3/c18-10-9-17(13-3-4-13)15(20)12-5-7-16(8-6-12)14(19)11-1-2-11/h11-13,18H,1-10H2. The van der Waals surface area contributed by atoms with Crippen molar-refractivity contribution in [3.8, 4) is 0 Å². The molecular formula is C15H24N2O3. The van der Waals surface area contributed by atoms with Crippen LogP contribution in [0.4, 0.5) is 0 Å². The highest BCUT2D eigenvalue weighted by atomic mass is 16.3. The monoisotopic (exact) mass is 280 g/mol. The van der Waals surface area contributed by atoms with E-state index in [1.807, 2.05) is 9.80 Å². The molecule has 3 fully saturated rings. The van der Waals surface area contributed by atoms with Crippen molar-refractivity contribution in [1.29, 1.82) is 0 Å². The number of aliphatic hydroxyl groups is 1. The minimum absolute atomic E-state index is 0.0429. The third-order valence-electron chi connectivity index (χ3n) is 4.69. The van der Waals surface area contributed by atoms with Gasteiger partial charge in [-0.25, -0.2) is 0 Å². The molecule has 1 saturated heterocycles. The van der Waals surface area contributed by atoms with Crippen molar-refractivity contribution >= 4 is 11.8 Å². The van der Waals surface area contributed by atoms with Crippen LogP contribution in [0.5, 0.6) is 0 Å². The molecule has 5 heteroatoms. The number of rotatable bonds is 5. The zero-order chi connectivity index (χ0) is 14.1. The van der Waals surface area contributed by atoms with E-state index in [0.29, 0.717) is 18.5 Å². The Morgan fingerprint density at radius 3 is 2.15 bits per heavy atom. The predicted octanol–water partition coefficient (Wildman–Crippen LogP) is 0.618. The van der Waals surface area contributed by atoms with Gasteiger partial charge >= 0.3 is 0 Å². The van der Waals surface area contributed by atoms with Crippen molar-refractivity contribution in [1.82, 2.24) is 9.80 Å². The fourth-order valence-corrected chi connectivity index (χ4v) is 3.14. The number of aliphatic hydroxyl groups excluding tert-OH is 1. The number of nitrogens with zero attached hydrogens (tertiary/aromatic N) is 2.